The van der Waals surface area contributed by atoms with Gasteiger partial charge in [0, 0.05) is 20.6 Å². The van der Waals surface area contributed by atoms with E-state index in [9.17, 15) is 4.79 Å². The van der Waals surface area contributed by atoms with Gasteiger partial charge in [0.25, 0.3) is 0 Å². The highest BCUT2D eigenvalue weighted by atomic mass is 16.5. The van der Waals surface area contributed by atoms with Gasteiger partial charge in [0.15, 0.2) is 5.96 Å². The van der Waals surface area contributed by atoms with Crippen molar-refractivity contribution < 1.29 is 9.53 Å². The molecule has 0 unspecified atom stereocenters. The number of nitrogens with one attached hydrogen (secondary N) is 2. The van der Waals surface area contributed by atoms with Gasteiger partial charge in [0.1, 0.15) is 5.82 Å². The molecule has 128 valence electrons. The van der Waals surface area contributed by atoms with Crippen LogP contribution >= 0.6 is 0 Å². The Morgan fingerprint density at radius 1 is 1.38 bits per heavy atom. The smallest absolute Gasteiger partial charge is 0.307 e. The van der Waals surface area contributed by atoms with E-state index in [0.29, 0.717) is 25.5 Å². The molecule has 0 spiro atoms. The van der Waals surface area contributed by atoms with Crippen molar-refractivity contribution in [3.8, 4) is 11.3 Å². The molecule has 2 rings (SSSR count). The topological polar surface area (TPSA) is 82.6 Å². The molecular weight excluding hydrogens is 306 g/mol. The molecule has 0 bridgehead atoms. The van der Waals surface area contributed by atoms with Gasteiger partial charge in [0.05, 0.1) is 32.0 Å². The molecular formula is C17H23N5O2. The maximum atomic E-state index is 11.1. The minimum absolute atomic E-state index is 0.251. The van der Waals surface area contributed by atoms with E-state index in [4.69, 9.17) is 0 Å². The van der Waals surface area contributed by atoms with E-state index in [1.807, 2.05) is 48.5 Å². The lowest BCUT2D eigenvalue weighted by Crippen LogP contribution is -2.39. The van der Waals surface area contributed by atoms with E-state index in [2.05, 4.69) is 25.0 Å². The monoisotopic (exact) mass is 329 g/mol. The number of nitrogens with zero attached hydrogens (tertiary/aromatic N) is 3. The standard InChI is InChI=1S/C17H23N5O2/c1-18-17(19-10-9-16(23)24-3)22(2)12-15-20-11-14(21-15)13-7-5-4-6-8-13/h4-8,11H,9-10,12H2,1-3H3,(H,18,19)(H,20,21). The van der Waals surface area contributed by atoms with Crippen LogP contribution in [0, 0.1) is 0 Å². The lowest BCUT2D eigenvalue weighted by atomic mass is 10.2. The molecule has 24 heavy (non-hydrogen) atoms. The van der Waals surface area contributed by atoms with Crippen LogP contribution in [0.2, 0.25) is 0 Å². The number of esters is 1. The van der Waals surface area contributed by atoms with Gasteiger partial charge in [-0.25, -0.2) is 4.98 Å². The number of carbonyl (C=O) groups is 1. The molecule has 0 amide bonds. The quantitative estimate of drug-likeness (QED) is 0.478. The Hall–Kier alpha value is -2.83. The first kappa shape index (κ1) is 17.5. The summed E-state index contributed by atoms with van der Waals surface area (Å²) in [4.78, 5) is 25.0. The first-order chi connectivity index (χ1) is 11.6. The molecule has 0 saturated heterocycles. The maximum Gasteiger partial charge on any atom is 0.307 e. The molecule has 1 aromatic heterocycles. The zero-order chi connectivity index (χ0) is 17.4. The number of hydrogen-bond donors (Lipinski definition) is 2. The van der Waals surface area contributed by atoms with Gasteiger partial charge in [0.2, 0.25) is 0 Å². The largest absolute Gasteiger partial charge is 0.469 e. The number of rotatable bonds is 6. The lowest BCUT2D eigenvalue weighted by molar-refractivity contribution is -0.140. The van der Waals surface area contributed by atoms with Crippen molar-refractivity contribution >= 4 is 11.9 Å². The number of aromatic amines is 1. The third-order valence-electron chi connectivity index (χ3n) is 3.51. The first-order valence-corrected chi connectivity index (χ1v) is 7.72. The van der Waals surface area contributed by atoms with Crippen LogP contribution in [0.3, 0.4) is 0 Å². The first-order valence-electron chi connectivity index (χ1n) is 7.72. The third-order valence-corrected chi connectivity index (χ3v) is 3.51. The van der Waals surface area contributed by atoms with Crippen molar-refractivity contribution in [1.29, 1.82) is 0 Å². The Kier molecular flexibility index (Phi) is 6.36. The van der Waals surface area contributed by atoms with Crippen LogP contribution in [0.5, 0.6) is 0 Å². The summed E-state index contributed by atoms with van der Waals surface area (Å²) in [6.45, 7) is 1.04. The van der Waals surface area contributed by atoms with E-state index >= 15 is 0 Å². The Morgan fingerprint density at radius 3 is 2.79 bits per heavy atom. The number of imidazole rings is 1. The summed E-state index contributed by atoms with van der Waals surface area (Å²) in [6.07, 6.45) is 2.12. The van der Waals surface area contributed by atoms with Gasteiger partial charge in [-0.2, -0.15) is 0 Å². The molecule has 0 radical (unpaired) electrons. The van der Waals surface area contributed by atoms with E-state index in [1.54, 1.807) is 7.05 Å². The molecule has 0 aliphatic rings. The predicted molar refractivity (Wildman–Crippen MR) is 93.5 cm³/mol. The van der Waals surface area contributed by atoms with Gasteiger partial charge < -0.3 is 19.9 Å². The van der Waals surface area contributed by atoms with Crippen LogP contribution in [-0.4, -0.2) is 54.5 Å². The van der Waals surface area contributed by atoms with Crippen molar-refractivity contribution in [2.24, 2.45) is 4.99 Å². The highest BCUT2D eigenvalue weighted by Crippen LogP contribution is 2.16. The fourth-order valence-electron chi connectivity index (χ4n) is 2.27. The summed E-state index contributed by atoms with van der Waals surface area (Å²) in [7, 11) is 5.00. The van der Waals surface area contributed by atoms with Crippen LogP contribution < -0.4 is 5.32 Å². The minimum atomic E-state index is -0.251. The number of carbonyl (C=O) groups excluding carboxylic acids is 1. The number of ether oxygens (including phenoxy) is 1. The van der Waals surface area contributed by atoms with Gasteiger partial charge in [-0.05, 0) is 5.56 Å². The number of aliphatic imine (C=N–C) groups is 1. The number of benzene rings is 1. The minimum Gasteiger partial charge on any atom is -0.469 e. The molecule has 0 atom stereocenters. The summed E-state index contributed by atoms with van der Waals surface area (Å²) >= 11 is 0. The van der Waals surface area contributed by atoms with E-state index in [-0.39, 0.29) is 5.97 Å². The summed E-state index contributed by atoms with van der Waals surface area (Å²) in [5.41, 5.74) is 2.08. The molecule has 1 aromatic carbocycles. The Balaban J connectivity index is 1.92. The van der Waals surface area contributed by atoms with Crippen LogP contribution in [0.25, 0.3) is 11.3 Å². The number of aromatic nitrogens is 2. The second-order valence-electron chi connectivity index (χ2n) is 5.27. The number of H-pyrrole nitrogens is 1. The van der Waals surface area contributed by atoms with Crippen LogP contribution in [0.1, 0.15) is 12.2 Å². The molecule has 2 N–H and O–H groups in total. The molecule has 0 saturated carbocycles. The van der Waals surface area contributed by atoms with Gasteiger partial charge in [-0.1, -0.05) is 30.3 Å². The van der Waals surface area contributed by atoms with Gasteiger partial charge >= 0.3 is 5.97 Å². The normalized spacial score (nSPS) is 11.2. The second kappa shape index (κ2) is 8.71. The number of hydrogen-bond acceptors (Lipinski definition) is 4. The maximum absolute atomic E-state index is 11.1. The average molecular weight is 329 g/mol. The van der Waals surface area contributed by atoms with Crippen molar-refractivity contribution in [1.82, 2.24) is 20.2 Å². The summed E-state index contributed by atoms with van der Waals surface area (Å²) in [5, 5.41) is 3.13. The van der Waals surface area contributed by atoms with Crippen molar-refractivity contribution in [3.05, 3.63) is 42.4 Å². The van der Waals surface area contributed by atoms with Gasteiger partial charge in [-0.3, -0.25) is 9.79 Å². The predicted octanol–water partition coefficient (Wildman–Crippen LogP) is 1.65. The number of guanidine groups is 1. The highest BCUT2D eigenvalue weighted by molar-refractivity contribution is 5.80. The third kappa shape index (κ3) is 4.84. The fraction of sp³-hybridized carbons (Fsp3) is 0.353. The van der Waals surface area contributed by atoms with Crippen LogP contribution in [0.4, 0.5) is 0 Å². The molecule has 7 nitrogen and oxygen atoms in total. The zero-order valence-corrected chi connectivity index (χ0v) is 14.2. The van der Waals surface area contributed by atoms with E-state index in [1.165, 1.54) is 7.11 Å². The molecule has 2 aromatic rings. The SMILES string of the molecule is CN=C(NCCC(=O)OC)N(C)Cc1ncc(-c2ccccc2)[nH]1. The summed E-state index contributed by atoms with van der Waals surface area (Å²) in [6, 6.07) is 10.0. The fourth-order valence-corrected chi connectivity index (χ4v) is 2.27. The molecule has 0 aliphatic heterocycles. The molecule has 0 aliphatic carbocycles. The average Bonchev–Trinajstić information content (AvgIpc) is 3.07. The molecule has 1 heterocycles. The lowest BCUT2D eigenvalue weighted by Gasteiger charge is -2.20. The van der Waals surface area contributed by atoms with E-state index in [0.717, 1.165) is 17.1 Å². The Bertz CT molecular complexity index is 681. The Morgan fingerprint density at radius 2 is 2.12 bits per heavy atom. The van der Waals surface area contributed by atoms with E-state index < -0.39 is 0 Å². The van der Waals surface area contributed by atoms with Crippen LogP contribution in [-0.2, 0) is 16.1 Å². The Labute approximate surface area is 141 Å². The summed E-state index contributed by atoms with van der Waals surface area (Å²) < 4.78 is 4.62. The van der Waals surface area contributed by atoms with Crippen LogP contribution in [0.15, 0.2) is 41.5 Å². The highest BCUT2D eigenvalue weighted by Gasteiger charge is 2.10. The number of methoxy groups -OCH3 is 1. The molecule has 0 fully saturated rings. The molecule has 7 heteroatoms. The van der Waals surface area contributed by atoms with Crippen molar-refractivity contribution in [2.45, 2.75) is 13.0 Å². The second-order valence-corrected chi connectivity index (χ2v) is 5.27. The zero-order valence-electron chi connectivity index (χ0n) is 14.2. The van der Waals surface area contributed by atoms with Gasteiger partial charge in [-0.15, -0.1) is 0 Å². The summed E-state index contributed by atoms with van der Waals surface area (Å²) in [5.74, 6) is 1.28. The van der Waals surface area contributed by atoms with Crippen molar-refractivity contribution in [3.63, 3.8) is 0 Å². The van der Waals surface area contributed by atoms with Crippen molar-refractivity contribution in [2.75, 3.05) is 27.7 Å².